The fraction of sp³-hybridized carbons (Fsp3) is 0.562. The Balaban J connectivity index is 1.66. The first kappa shape index (κ1) is 17.5. The van der Waals surface area contributed by atoms with Gasteiger partial charge in [0.1, 0.15) is 0 Å². The highest BCUT2D eigenvalue weighted by Crippen LogP contribution is 2.14. The number of thiophene rings is 1. The lowest BCUT2D eigenvalue weighted by Crippen LogP contribution is -2.46. The first-order chi connectivity index (χ1) is 11.1. The van der Waals surface area contributed by atoms with Gasteiger partial charge in [-0.2, -0.15) is 11.3 Å². The summed E-state index contributed by atoms with van der Waals surface area (Å²) in [6.07, 6.45) is 3.19. The van der Waals surface area contributed by atoms with Gasteiger partial charge in [-0.15, -0.1) is 0 Å². The van der Waals surface area contributed by atoms with E-state index in [1.54, 1.807) is 6.07 Å². The van der Waals surface area contributed by atoms with E-state index in [4.69, 9.17) is 5.11 Å². The van der Waals surface area contributed by atoms with Crippen LogP contribution in [0.15, 0.2) is 16.8 Å². The van der Waals surface area contributed by atoms with Gasteiger partial charge < -0.3 is 15.3 Å². The first-order valence-corrected chi connectivity index (χ1v) is 8.83. The summed E-state index contributed by atoms with van der Waals surface area (Å²) in [4.78, 5) is 36.3. The molecule has 0 saturated carbocycles. The number of hydrogen-bond donors (Lipinski definition) is 2. The topological polar surface area (TPSA) is 86.7 Å². The van der Waals surface area contributed by atoms with Gasteiger partial charge in [-0.1, -0.05) is 0 Å². The molecule has 1 aliphatic heterocycles. The Labute approximate surface area is 139 Å². The predicted molar refractivity (Wildman–Crippen MR) is 87.5 cm³/mol. The van der Waals surface area contributed by atoms with Crippen LogP contribution in [0.25, 0.3) is 0 Å². The third kappa shape index (κ3) is 5.67. The second-order valence-corrected chi connectivity index (χ2v) is 6.52. The van der Waals surface area contributed by atoms with Crippen LogP contribution in [0.3, 0.4) is 0 Å². The van der Waals surface area contributed by atoms with E-state index in [2.05, 4.69) is 5.32 Å². The van der Waals surface area contributed by atoms with E-state index in [0.717, 1.165) is 12.8 Å². The average molecular weight is 338 g/mol. The molecule has 2 amide bonds. The van der Waals surface area contributed by atoms with Crippen molar-refractivity contribution in [3.8, 4) is 0 Å². The number of likely N-dealkylation sites (tertiary alicyclic amines) is 1. The van der Waals surface area contributed by atoms with Crippen molar-refractivity contribution >= 4 is 29.1 Å². The molecule has 1 aromatic rings. The van der Waals surface area contributed by atoms with Crippen molar-refractivity contribution in [1.29, 1.82) is 0 Å². The van der Waals surface area contributed by atoms with Crippen LogP contribution in [0.5, 0.6) is 0 Å². The molecule has 0 radical (unpaired) electrons. The molecule has 0 atom stereocenters. The fourth-order valence-corrected chi connectivity index (χ4v) is 3.28. The standard InChI is InChI=1S/C16H22N2O4S/c19-14(3-1-2-4-15(20)21)18-8-5-13(6-9-18)17-16(22)12-7-10-23-11-12/h7,10-11,13H,1-6,8-9H2,(H,17,22)(H,20,21). The van der Waals surface area contributed by atoms with E-state index in [0.29, 0.717) is 37.9 Å². The molecule has 6 nitrogen and oxygen atoms in total. The number of piperidine rings is 1. The maximum absolute atomic E-state index is 12.1. The number of carboxylic acids is 1. The molecular formula is C16H22N2O4S. The normalized spacial score (nSPS) is 15.4. The van der Waals surface area contributed by atoms with Crippen LogP contribution in [-0.2, 0) is 9.59 Å². The number of nitrogens with zero attached hydrogens (tertiary/aromatic N) is 1. The third-order valence-electron chi connectivity index (χ3n) is 4.00. The Kier molecular flexibility index (Phi) is 6.58. The number of aliphatic carboxylic acids is 1. The number of carbonyl (C=O) groups excluding carboxylic acids is 2. The van der Waals surface area contributed by atoms with E-state index in [1.165, 1.54) is 11.3 Å². The smallest absolute Gasteiger partial charge is 0.303 e. The number of carboxylic acid groups (broad SMARTS) is 1. The van der Waals surface area contributed by atoms with Crippen LogP contribution in [-0.4, -0.2) is 46.9 Å². The summed E-state index contributed by atoms with van der Waals surface area (Å²) >= 11 is 1.49. The number of carbonyl (C=O) groups is 3. The molecule has 1 fully saturated rings. The number of amides is 2. The van der Waals surface area contributed by atoms with Crippen LogP contribution < -0.4 is 5.32 Å². The Hall–Kier alpha value is -1.89. The maximum Gasteiger partial charge on any atom is 0.303 e. The zero-order chi connectivity index (χ0) is 16.7. The molecule has 0 unspecified atom stereocenters. The van der Waals surface area contributed by atoms with Crippen molar-refractivity contribution in [2.75, 3.05) is 13.1 Å². The van der Waals surface area contributed by atoms with Crippen LogP contribution in [0.4, 0.5) is 0 Å². The molecule has 7 heteroatoms. The molecule has 2 N–H and O–H groups in total. The zero-order valence-corrected chi connectivity index (χ0v) is 13.8. The van der Waals surface area contributed by atoms with E-state index in [1.807, 2.05) is 15.7 Å². The highest BCUT2D eigenvalue weighted by atomic mass is 32.1. The van der Waals surface area contributed by atoms with Gasteiger partial charge in [0.15, 0.2) is 0 Å². The third-order valence-corrected chi connectivity index (χ3v) is 4.68. The van der Waals surface area contributed by atoms with Gasteiger partial charge in [-0.05, 0) is 37.1 Å². The van der Waals surface area contributed by atoms with E-state index < -0.39 is 5.97 Å². The van der Waals surface area contributed by atoms with Crippen LogP contribution in [0.2, 0.25) is 0 Å². The maximum atomic E-state index is 12.1. The molecule has 1 saturated heterocycles. The van der Waals surface area contributed by atoms with Crippen molar-refractivity contribution in [2.45, 2.75) is 44.6 Å². The van der Waals surface area contributed by atoms with E-state index in [-0.39, 0.29) is 24.3 Å². The minimum atomic E-state index is -0.820. The first-order valence-electron chi connectivity index (χ1n) is 7.89. The Bertz CT molecular complexity index is 536. The molecule has 0 aliphatic carbocycles. The van der Waals surface area contributed by atoms with Crippen molar-refractivity contribution in [3.63, 3.8) is 0 Å². The number of hydrogen-bond acceptors (Lipinski definition) is 4. The van der Waals surface area contributed by atoms with Crippen LogP contribution in [0, 0.1) is 0 Å². The van der Waals surface area contributed by atoms with E-state index in [9.17, 15) is 14.4 Å². The Morgan fingerprint density at radius 2 is 1.91 bits per heavy atom. The highest BCUT2D eigenvalue weighted by molar-refractivity contribution is 7.08. The minimum absolute atomic E-state index is 0.0512. The molecule has 0 bridgehead atoms. The van der Waals surface area contributed by atoms with Crippen molar-refractivity contribution in [1.82, 2.24) is 10.2 Å². The lowest BCUT2D eigenvalue weighted by atomic mass is 10.0. The van der Waals surface area contributed by atoms with Crippen molar-refractivity contribution in [2.24, 2.45) is 0 Å². The Morgan fingerprint density at radius 1 is 1.22 bits per heavy atom. The van der Waals surface area contributed by atoms with Gasteiger partial charge in [-0.25, -0.2) is 0 Å². The van der Waals surface area contributed by atoms with Crippen molar-refractivity contribution in [3.05, 3.63) is 22.4 Å². The lowest BCUT2D eigenvalue weighted by molar-refractivity contribution is -0.137. The summed E-state index contributed by atoms with van der Waals surface area (Å²) in [5.74, 6) is -0.790. The van der Waals surface area contributed by atoms with Crippen LogP contribution >= 0.6 is 11.3 Å². The van der Waals surface area contributed by atoms with E-state index >= 15 is 0 Å². The van der Waals surface area contributed by atoms with Crippen LogP contribution in [0.1, 0.15) is 48.9 Å². The molecule has 2 rings (SSSR count). The molecule has 126 valence electrons. The molecule has 0 spiro atoms. The largest absolute Gasteiger partial charge is 0.481 e. The van der Waals surface area contributed by atoms with Gasteiger partial charge in [0.2, 0.25) is 5.91 Å². The van der Waals surface area contributed by atoms with Gasteiger partial charge in [-0.3, -0.25) is 14.4 Å². The lowest BCUT2D eigenvalue weighted by Gasteiger charge is -2.32. The molecule has 2 heterocycles. The summed E-state index contributed by atoms with van der Waals surface area (Å²) in [7, 11) is 0. The molecular weight excluding hydrogens is 316 g/mol. The number of nitrogens with one attached hydrogen (secondary N) is 1. The van der Waals surface area contributed by atoms with Gasteiger partial charge in [0, 0.05) is 42.9 Å². The van der Waals surface area contributed by atoms with Crippen molar-refractivity contribution < 1.29 is 19.5 Å². The molecule has 23 heavy (non-hydrogen) atoms. The minimum Gasteiger partial charge on any atom is -0.481 e. The summed E-state index contributed by atoms with van der Waals surface area (Å²) in [5, 5.41) is 15.3. The summed E-state index contributed by atoms with van der Waals surface area (Å²) in [5.41, 5.74) is 0.687. The SMILES string of the molecule is O=C(O)CCCCC(=O)N1CCC(NC(=O)c2ccsc2)CC1. The zero-order valence-electron chi connectivity index (χ0n) is 13.0. The monoisotopic (exact) mass is 338 g/mol. The highest BCUT2D eigenvalue weighted by Gasteiger charge is 2.23. The fourth-order valence-electron chi connectivity index (χ4n) is 2.65. The quantitative estimate of drug-likeness (QED) is 0.746. The predicted octanol–water partition coefficient (Wildman–Crippen LogP) is 2.11. The summed E-state index contributed by atoms with van der Waals surface area (Å²) in [6, 6.07) is 1.91. The summed E-state index contributed by atoms with van der Waals surface area (Å²) < 4.78 is 0. The second-order valence-electron chi connectivity index (χ2n) is 5.74. The number of rotatable bonds is 7. The summed E-state index contributed by atoms with van der Waals surface area (Å²) in [6.45, 7) is 1.29. The molecule has 1 aliphatic rings. The van der Waals surface area contributed by atoms with Gasteiger partial charge in [0.05, 0.1) is 0 Å². The van der Waals surface area contributed by atoms with Gasteiger partial charge >= 0.3 is 5.97 Å². The number of unbranched alkanes of at least 4 members (excludes halogenated alkanes) is 1. The molecule has 0 aromatic carbocycles. The molecule has 1 aromatic heterocycles. The Morgan fingerprint density at radius 3 is 2.52 bits per heavy atom. The average Bonchev–Trinajstić information content (AvgIpc) is 3.06. The van der Waals surface area contributed by atoms with Gasteiger partial charge in [0.25, 0.3) is 5.91 Å². The second kappa shape index (κ2) is 8.67.